The van der Waals surface area contributed by atoms with E-state index in [4.69, 9.17) is 9.72 Å². The summed E-state index contributed by atoms with van der Waals surface area (Å²) in [5, 5.41) is 2.77. The predicted molar refractivity (Wildman–Crippen MR) is 116 cm³/mol. The summed E-state index contributed by atoms with van der Waals surface area (Å²) in [7, 11) is 0. The number of thiazole rings is 1. The Morgan fingerprint density at radius 3 is 2.72 bits per heavy atom. The first kappa shape index (κ1) is 18.4. The lowest BCUT2D eigenvalue weighted by atomic mass is 10.1. The average Bonchev–Trinajstić information content (AvgIpc) is 3.42. The highest BCUT2D eigenvalue weighted by molar-refractivity contribution is 8.15. The minimum Gasteiger partial charge on any atom is -0.489 e. The summed E-state index contributed by atoms with van der Waals surface area (Å²) in [6, 6.07) is 16.0. The topological polar surface area (TPSA) is 71.5 Å². The van der Waals surface area contributed by atoms with E-state index in [1.807, 2.05) is 42.5 Å². The molecular formula is C21H19N3O3S2. The number of aromatic nitrogens is 1. The minimum absolute atomic E-state index is 0.127. The maximum atomic E-state index is 11.7. The number of fused-ring (bicyclic) bond motifs is 1. The van der Waals surface area contributed by atoms with Crippen molar-refractivity contribution >= 4 is 49.6 Å². The molecule has 0 radical (unpaired) electrons. The maximum Gasteiger partial charge on any atom is 0.286 e. The molecule has 8 heteroatoms. The number of benzene rings is 2. The molecule has 2 aromatic carbocycles. The zero-order valence-electron chi connectivity index (χ0n) is 15.5. The SMILES string of the molecule is O=C1NC(=O)C(Cc2ccc(O[C@H]3CCN(c4nc5ccccc5s4)C3)cc2)S1. The van der Waals surface area contributed by atoms with Crippen molar-refractivity contribution in [2.24, 2.45) is 0 Å². The normalized spacial score (nSPS) is 21.7. The van der Waals surface area contributed by atoms with Gasteiger partial charge >= 0.3 is 0 Å². The molecule has 2 atom stereocenters. The highest BCUT2D eigenvalue weighted by Crippen LogP contribution is 2.31. The van der Waals surface area contributed by atoms with Gasteiger partial charge in [0.25, 0.3) is 5.24 Å². The van der Waals surface area contributed by atoms with Gasteiger partial charge in [0.15, 0.2) is 5.13 Å². The number of imide groups is 1. The monoisotopic (exact) mass is 425 g/mol. The van der Waals surface area contributed by atoms with Crippen LogP contribution in [0.2, 0.25) is 0 Å². The predicted octanol–water partition coefficient (Wildman–Crippen LogP) is 3.85. The second-order valence-corrected chi connectivity index (χ2v) is 9.35. The lowest BCUT2D eigenvalue weighted by molar-refractivity contribution is -0.118. The van der Waals surface area contributed by atoms with Crippen LogP contribution in [0.15, 0.2) is 48.5 Å². The standard InChI is InChI=1S/C21H19N3O3S2/c25-19-18(29-21(26)23-19)11-13-5-7-14(8-6-13)27-15-9-10-24(12-15)20-22-16-3-1-2-4-17(16)28-20/h1-8,15,18H,9-12H2,(H,23,25,26)/t15-,18?/m0/s1. The van der Waals surface area contributed by atoms with Crippen molar-refractivity contribution < 1.29 is 14.3 Å². The van der Waals surface area contributed by atoms with Gasteiger partial charge < -0.3 is 9.64 Å². The number of carbonyl (C=O) groups is 2. The molecule has 1 unspecified atom stereocenters. The fourth-order valence-corrected chi connectivity index (χ4v) is 5.49. The van der Waals surface area contributed by atoms with E-state index in [-0.39, 0.29) is 22.5 Å². The van der Waals surface area contributed by atoms with Crippen LogP contribution in [0.25, 0.3) is 10.2 Å². The third kappa shape index (κ3) is 3.95. The van der Waals surface area contributed by atoms with Gasteiger partial charge in [-0.1, -0.05) is 47.4 Å². The fraction of sp³-hybridized carbons (Fsp3) is 0.286. The Morgan fingerprint density at radius 1 is 1.14 bits per heavy atom. The molecule has 0 aliphatic carbocycles. The van der Waals surface area contributed by atoms with Gasteiger partial charge in [-0.15, -0.1) is 0 Å². The zero-order valence-corrected chi connectivity index (χ0v) is 17.2. The molecule has 1 aromatic heterocycles. The molecular weight excluding hydrogens is 406 g/mol. The Balaban J connectivity index is 1.19. The highest BCUT2D eigenvalue weighted by Gasteiger charge is 2.31. The van der Waals surface area contributed by atoms with E-state index in [1.54, 1.807) is 11.3 Å². The number of nitrogens with one attached hydrogen (secondary N) is 1. The Morgan fingerprint density at radius 2 is 1.97 bits per heavy atom. The molecule has 0 spiro atoms. The van der Waals surface area contributed by atoms with E-state index in [9.17, 15) is 9.59 Å². The molecule has 148 valence electrons. The first-order valence-corrected chi connectivity index (χ1v) is 11.2. The lowest BCUT2D eigenvalue weighted by Gasteiger charge is -2.16. The molecule has 2 fully saturated rings. The molecule has 3 heterocycles. The van der Waals surface area contributed by atoms with Gasteiger partial charge in [-0.2, -0.15) is 0 Å². The van der Waals surface area contributed by atoms with Gasteiger partial charge in [0.2, 0.25) is 5.91 Å². The van der Waals surface area contributed by atoms with Gasteiger partial charge in [0.05, 0.1) is 22.0 Å². The molecule has 2 aliphatic rings. The Labute approximate surface area is 176 Å². The number of para-hydroxylation sites is 1. The van der Waals surface area contributed by atoms with Gasteiger partial charge in [-0.3, -0.25) is 14.9 Å². The first-order valence-electron chi connectivity index (χ1n) is 9.52. The number of rotatable bonds is 5. The van der Waals surface area contributed by atoms with E-state index in [0.29, 0.717) is 6.42 Å². The first-order chi connectivity index (χ1) is 14.1. The van der Waals surface area contributed by atoms with Crippen LogP contribution in [0.3, 0.4) is 0 Å². The van der Waals surface area contributed by atoms with Gasteiger partial charge in [-0.05, 0) is 36.2 Å². The van der Waals surface area contributed by atoms with E-state index < -0.39 is 0 Å². The Kier molecular flexibility index (Phi) is 4.89. The fourth-order valence-electron chi connectivity index (χ4n) is 3.63. The van der Waals surface area contributed by atoms with E-state index in [1.165, 1.54) is 4.70 Å². The van der Waals surface area contributed by atoms with Crippen molar-refractivity contribution in [1.29, 1.82) is 0 Å². The summed E-state index contributed by atoms with van der Waals surface area (Å²) in [5.74, 6) is 0.616. The maximum absolute atomic E-state index is 11.7. The van der Waals surface area contributed by atoms with Crippen molar-refractivity contribution in [1.82, 2.24) is 10.3 Å². The number of thioether (sulfide) groups is 1. The molecule has 2 amide bonds. The van der Waals surface area contributed by atoms with Crippen molar-refractivity contribution in [3.8, 4) is 5.75 Å². The molecule has 2 saturated heterocycles. The molecule has 0 saturated carbocycles. The second-order valence-electron chi connectivity index (χ2n) is 7.17. The second kappa shape index (κ2) is 7.68. The third-order valence-corrected chi connectivity index (χ3v) is 7.19. The van der Waals surface area contributed by atoms with Gasteiger partial charge in [-0.25, -0.2) is 4.98 Å². The average molecular weight is 426 g/mol. The number of anilines is 1. The van der Waals surface area contributed by atoms with Crippen molar-refractivity contribution in [3.05, 3.63) is 54.1 Å². The molecule has 6 nitrogen and oxygen atoms in total. The zero-order chi connectivity index (χ0) is 19.8. The number of amides is 2. The quantitative estimate of drug-likeness (QED) is 0.670. The summed E-state index contributed by atoms with van der Waals surface area (Å²) >= 11 is 2.78. The number of hydrogen-bond acceptors (Lipinski definition) is 7. The van der Waals surface area contributed by atoms with Crippen LogP contribution >= 0.6 is 23.1 Å². The minimum atomic E-state index is -0.341. The summed E-state index contributed by atoms with van der Waals surface area (Å²) in [6.07, 6.45) is 1.62. The van der Waals surface area contributed by atoms with Crippen molar-refractivity contribution in [3.63, 3.8) is 0 Å². The van der Waals surface area contributed by atoms with Crippen LogP contribution in [0.5, 0.6) is 5.75 Å². The van der Waals surface area contributed by atoms with Crippen LogP contribution in [0.1, 0.15) is 12.0 Å². The van der Waals surface area contributed by atoms with E-state index in [0.717, 1.165) is 53.2 Å². The van der Waals surface area contributed by atoms with Crippen molar-refractivity contribution in [2.75, 3.05) is 18.0 Å². The number of ether oxygens (including phenoxy) is 1. The molecule has 5 rings (SSSR count). The molecule has 2 aliphatic heterocycles. The van der Waals surface area contributed by atoms with Crippen LogP contribution in [-0.4, -0.2) is 40.6 Å². The van der Waals surface area contributed by atoms with E-state index in [2.05, 4.69) is 16.3 Å². The summed E-state index contributed by atoms with van der Waals surface area (Å²) < 4.78 is 7.37. The molecule has 3 aromatic rings. The molecule has 0 bridgehead atoms. The van der Waals surface area contributed by atoms with Gasteiger partial charge in [0.1, 0.15) is 11.9 Å². The molecule has 29 heavy (non-hydrogen) atoms. The number of hydrogen-bond donors (Lipinski definition) is 1. The molecule has 1 N–H and O–H groups in total. The largest absolute Gasteiger partial charge is 0.489 e. The van der Waals surface area contributed by atoms with E-state index >= 15 is 0 Å². The summed E-state index contributed by atoms with van der Waals surface area (Å²) in [5.41, 5.74) is 2.06. The number of carbonyl (C=O) groups excluding carboxylic acids is 2. The smallest absolute Gasteiger partial charge is 0.286 e. The van der Waals surface area contributed by atoms with Crippen LogP contribution in [0.4, 0.5) is 9.93 Å². The van der Waals surface area contributed by atoms with Crippen molar-refractivity contribution in [2.45, 2.75) is 24.2 Å². The summed E-state index contributed by atoms with van der Waals surface area (Å²) in [4.78, 5) is 30.0. The lowest BCUT2D eigenvalue weighted by Crippen LogP contribution is -2.25. The Bertz CT molecular complexity index is 1030. The summed E-state index contributed by atoms with van der Waals surface area (Å²) in [6.45, 7) is 1.76. The van der Waals surface area contributed by atoms with Crippen LogP contribution < -0.4 is 15.0 Å². The Hall–Kier alpha value is -2.58. The number of nitrogens with zero attached hydrogens (tertiary/aromatic N) is 2. The van der Waals surface area contributed by atoms with Crippen LogP contribution in [0, 0.1) is 0 Å². The van der Waals surface area contributed by atoms with Crippen LogP contribution in [-0.2, 0) is 11.2 Å². The third-order valence-electron chi connectivity index (χ3n) is 5.11. The highest BCUT2D eigenvalue weighted by atomic mass is 32.2. The van der Waals surface area contributed by atoms with Gasteiger partial charge in [0, 0.05) is 13.0 Å².